The van der Waals surface area contributed by atoms with Crippen molar-refractivity contribution >= 4 is 21.4 Å². The summed E-state index contributed by atoms with van der Waals surface area (Å²) in [6, 6.07) is 9.15. The van der Waals surface area contributed by atoms with E-state index in [0.717, 1.165) is 36.9 Å². The second-order valence-corrected chi connectivity index (χ2v) is 9.04. The number of benzene rings is 1. The number of nitrogens with one attached hydrogen (secondary N) is 1. The number of hydrogen-bond donors (Lipinski definition) is 1. The first-order valence-electron chi connectivity index (χ1n) is 8.85. The Balaban J connectivity index is 1.62. The monoisotopic (exact) mass is 373 g/mol. The van der Waals surface area contributed by atoms with E-state index in [1.165, 1.54) is 0 Å². The third kappa shape index (κ3) is 4.66. The molecule has 1 amide bonds. The number of anilines is 1. The van der Waals surface area contributed by atoms with Gasteiger partial charge in [0.2, 0.25) is 5.91 Å². The van der Waals surface area contributed by atoms with Crippen LogP contribution >= 0.6 is 0 Å². The first-order valence-corrected chi connectivity index (χ1v) is 10.6. The molecule has 0 aliphatic heterocycles. The number of rotatable bonds is 6. The van der Waals surface area contributed by atoms with E-state index in [4.69, 9.17) is 0 Å². The third-order valence-corrected chi connectivity index (χ3v) is 6.90. The zero-order valence-electron chi connectivity index (χ0n) is 14.8. The molecule has 1 heterocycles. The quantitative estimate of drug-likeness (QED) is 0.840. The van der Waals surface area contributed by atoms with E-state index in [9.17, 15) is 13.2 Å². The molecule has 6 nitrogen and oxygen atoms in total. The molecule has 1 aliphatic carbocycles. The highest BCUT2D eigenvalue weighted by atomic mass is 32.2. The fourth-order valence-electron chi connectivity index (χ4n) is 3.25. The first-order chi connectivity index (χ1) is 12.4. The summed E-state index contributed by atoms with van der Waals surface area (Å²) < 4.78 is 24.5. The lowest BCUT2D eigenvalue weighted by molar-refractivity contribution is -0.115. The average molecular weight is 373 g/mol. The van der Waals surface area contributed by atoms with Gasteiger partial charge in [0.25, 0.3) is 0 Å². The lowest BCUT2D eigenvalue weighted by atomic mass is 10.1. The predicted octanol–water partition coefficient (Wildman–Crippen LogP) is 3.14. The number of hydrogen-bond acceptors (Lipinski definition) is 5. The van der Waals surface area contributed by atoms with E-state index < -0.39 is 9.84 Å². The van der Waals surface area contributed by atoms with Crippen molar-refractivity contribution in [3.8, 4) is 11.3 Å². The largest absolute Gasteiger partial charge is 0.326 e. The molecule has 26 heavy (non-hydrogen) atoms. The van der Waals surface area contributed by atoms with Crippen LogP contribution in [0.4, 0.5) is 5.69 Å². The molecule has 0 spiro atoms. The highest BCUT2D eigenvalue weighted by Crippen LogP contribution is 2.26. The van der Waals surface area contributed by atoms with Crippen molar-refractivity contribution in [3.63, 3.8) is 0 Å². The number of amides is 1. The van der Waals surface area contributed by atoms with E-state index in [1.807, 2.05) is 31.2 Å². The van der Waals surface area contributed by atoms with Crippen molar-refractivity contribution in [3.05, 3.63) is 42.4 Å². The molecule has 0 bridgehead atoms. The number of carbonyl (C=O) groups is 1. The number of nitrogens with zero attached hydrogens (tertiary/aromatic N) is 2. The molecule has 3 rings (SSSR count). The van der Waals surface area contributed by atoms with Gasteiger partial charge in [-0.3, -0.25) is 4.79 Å². The van der Waals surface area contributed by atoms with E-state index >= 15 is 0 Å². The molecule has 1 aliphatic rings. The van der Waals surface area contributed by atoms with Gasteiger partial charge < -0.3 is 5.32 Å². The summed E-state index contributed by atoms with van der Waals surface area (Å²) in [7, 11) is -3.18. The maximum absolute atomic E-state index is 12.3. The molecule has 0 atom stereocenters. The van der Waals surface area contributed by atoms with Gasteiger partial charge in [-0.05, 0) is 38.0 Å². The van der Waals surface area contributed by atoms with Gasteiger partial charge in [-0.15, -0.1) is 0 Å². The highest BCUT2D eigenvalue weighted by molar-refractivity contribution is 7.92. The van der Waals surface area contributed by atoms with E-state index in [1.54, 1.807) is 12.3 Å². The van der Waals surface area contributed by atoms with Crippen molar-refractivity contribution in [2.45, 2.75) is 44.3 Å². The third-order valence-electron chi connectivity index (χ3n) is 4.64. The van der Waals surface area contributed by atoms with Gasteiger partial charge >= 0.3 is 0 Å². The second kappa shape index (κ2) is 7.95. The zero-order valence-corrected chi connectivity index (χ0v) is 15.6. The molecule has 1 fully saturated rings. The summed E-state index contributed by atoms with van der Waals surface area (Å²) in [5.74, 6) is 0.297. The lowest BCUT2D eigenvalue weighted by Gasteiger charge is -2.11. The van der Waals surface area contributed by atoms with Crippen molar-refractivity contribution in [1.82, 2.24) is 9.97 Å². The maximum Gasteiger partial charge on any atom is 0.225 e. The normalized spacial score (nSPS) is 15.1. The Bertz CT molecular complexity index is 890. The minimum atomic E-state index is -3.18. The lowest BCUT2D eigenvalue weighted by Crippen LogP contribution is -2.24. The Morgan fingerprint density at radius 3 is 2.73 bits per heavy atom. The summed E-state index contributed by atoms with van der Waals surface area (Å²) in [5, 5.41) is 2.52. The highest BCUT2D eigenvalue weighted by Gasteiger charge is 2.28. The molecule has 0 radical (unpaired) electrons. The van der Waals surface area contributed by atoms with Gasteiger partial charge in [0, 0.05) is 23.9 Å². The summed E-state index contributed by atoms with van der Waals surface area (Å²) in [4.78, 5) is 20.6. The van der Waals surface area contributed by atoms with E-state index in [-0.39, 0.29) is 23.3 Å². The predicted molar refractivity (Wildman–Crippen MR) is 101 cm³/mol. The van der Waals surface area contributed by atoms with Gasteiger partial charge in [0.05, 0.1) is 16.7 Å². The average Bonchev–Trinajstić information content (AvgIpc) is 3.16. The van der Waals surface area contributed by atoms with Gasteiger partial charge in [-0.2, -0.15) is 0 Å². The molecule has 1 aromatic carbocycles. The summed E-state index contributed by atoms with van der Waals surface area (Å²) in [5.41, 5.74) is 2.27. The fourth-order valence-corrected chi connectivity index (χ4v) is 5.10. The number of carbonyl (C=O) groups excluding carboxylic acids is 1. The van der Waals surface area contributed by atoms with Crippen LogP contribution in [0.1, 0.15) is 37.9 Å². The van der Waals surface area contributed by atoms with Crippen molar-refractivity contribution in [2.24, 2.45) is 0 Å². The van der Waals surface area contributed by atoms with Crippen molar-refractivity contribution in [2.75, 3.05) is 11.1 Å². The minimum absolute atomic E-state index is 0.0182. The van der Waals surface area contributed by atoms with Gasteiger partial charge in [0.15, 0.2) is 9.84 Å². The maximum atomic E-state index is 12.3. The molecule has 2 aromatic rings. The zero-order chi connectivity index (χ0) is 18.6. The van der Waals surface area contributed by atoms with Gasteiger partial charge in [-0.25, -0.2) is 18.4 Å². The van der Waals surface area contributed by atoms with Crippen LogP contribution in [-0.2, 0) is 14.6 Å². The van der Waals surface area contributed by atoms with Gasteiger partial charge in [0.1, 0.15) is 5.82 Å². The molecular formula is C19H23N3O3S. The fraction of sp³-hybridized carbons (Fsp3) is 0.421. The molecule has 1 N–H and O–H groups in total. The van der Waals surface area contributed by atoms with Crippen LogP contribution in [0.3, 0.4) is 0 Å². The number of sulfone groups is 1. The molecule has 1 saturated carbocycles. The summed E-state index contributed by atoms with van der Waals surface area (Å²) >= 11 is 0. The Labute approximate surface area is 154 Å². The van der Waals surface area contributed by atoms with Crippen molar-refractivity contribution in [1.29, 1.82) is 0 Å². The summed E-state index contributed by atoms with van der Waals surface area (Å²) in [6.07, 6.45) is 5.05. The molecule has 138 valence electrons. The Morgan fingerprint density at radius 2 is 2.00 bits per heavy atom. The SMILES string of the molecule is Cc1nccc(-c2cccc(NC(=O)CCS(=O)(=O)C3CCCC3)c2)n1. The summed E-state index contributed by atoms with van der Waals surface area (Å²) in [6.45, 7) is 1.82. The van der Waals surface area contributed by atoms with Crippen molar-refractivity contribution < 1.29 is 13.2 Å². The van der Waals surface area contributed by atoms with Crippen LogP contribution in [0.2, 0.25) is 0 Å². The Morgan fingerprint density at radius 1 is 1.23 bits per heavy atom. The van der Waals surface area contributed by atoms with Crippen LogP contribution in [0.15, 0.2) is 36.5 Å². The second-order valence-electron chi connectivity index (χ2n) is 6.64. The Kier molecular flexibility index (Phi) is 5.66. The topological polar surface area (TPSA) is 89.0 Å². The Hall–Kier alpha value is -2.28. The van der Waals surface area contributed by atoms with E-state index in [0.29, 0.717) is 11.5 Å². The van der Waals surface area contributed by atoms with E-state index in [2.05, 4.69) is 15.3 Å². The first kappa shape index (κ1) is 18.5. The van der Waals surface area contributed by atoms with Crippen LogP contribution in [0.5, 0.6) is 0 Å². The van der Waals surface area contributed by atoms with Crippen LogP contribution in [0.25, 0.3) is 11.3 Å². The standard InChI is InChI=1S/C19H23N3O3S/c1-14-20-11-9-18(21-14)15-5-4-6-16(13-15)22-19(23)10-12-26(24,25)17-7-2-3-8-17/h4-6,9,11,13,17H,2-3,7-8,10,12H2,1H3,(H,22,23). The smallest absolute Gasteiger partial charge is 0.225 e. The van der Waals surface area contributed by atoms with Crippen LogP contribution < -0.4 is 5.32 Å². The molecular weight excluding hydrogens is 350 g/mol. The number of aryl methyl sites for hydroxylation is 1. The van der Waals surface area contributed by atoms with Crippen LogP contribution in [-0.4, -0.2) is 35.3 Å². The molecule has 1 aromatic heterocycles. The van der Waals surface area contributed by atoms with Crippen LogP contribution in [0, 0.1) is 6.92 Å². The minimum Gasteiger partial charge on any atom is -0.326 e. The number of aromatic nitrogens is 2. The molecule has 7 heteroatoms. The molecule has 0 saturated heterocycles. The molecule has 0 unspecified atom stereocenters. The van der Waals surface area contributed by atoms with Gasteiger partial charge in [-0.1, -0.05) is 25.0 Å².